The van der Waals surface area contributed by atoms with Gasteiger partial charge >= 0.3 is 0 Å². The molecule has 0 amide bonds. The van der Waals surface area contributed by atoms with E-state index < -0.39 is 0 Å². The fourth-order valence-electron chi connectivity index (χ4n) is 2.50. The number of rotatable bonds is 7. The van der Waals surface area contributed by atoms with E-state index in [1.807, 2.05) is 60.7 Å². The Morgan fingerprint density at radius 3 is 2.60 bits per heavy atom. The van der Waals surface area contributed by atoms with Gasteiger partial charge in [0.25, 0.3) is 0 Å². The van der Waals surface area contributed by atoms with Gasteiger partial charge in [0, 0.05) is 11.9 Å². The molecule has 0 fully saturated rings. The van der Waals surface area contributed by atoms with E-state index >= 15 is 0 Å². The van der Waals surface area contributed by atoms with Crippen LogP contribution in [0, 0.1) is 0 Å². The molecule has 0 saturated heterocycles. The molecule has 5 heteroatoms. The molecule has 0 aliphatic heterocycles. The van der Waals surface area contributed by atoms with Crippen LogP contribution in [0.4, 0.5) is 5.82 Å². The number of para-hydroxylation sites is 1. The van der Waals surface area contributed by atoms with Gasteiger partial charge in [-0.05, 0) is 48.9 Å². The Balaban J connectivity index is 1.88. The monoisotopic (exact) mass is 334 g/mol. The van der Waals surface area contributed by atoms with Gasteiger partial charge in [0.05, 0.1) is 12.6 Å². The molecule has 3 N–H and O–H groups in total. The summed E-state index contributed by atoms with van der Waals surface area (Å²) < 4.78 is 5.18. The van der Waals surface area contributed by atoms with Crippen molar-refractivity contribution in [1.29, 1.82) is 0 Å². The van der Waals surface area contributed by atoms with Crippen LogP contribution in [0.15, 0.2) is 48.5 Å². The van der Waals surface area contributed by atoms with E-state index in [1.54, 1.807) is 7.11 Å². The SMILES string of the molecule is COc1ccc(/C=C/c2nc(NCCCN)c3ccccc3n2)cc1. The van der Waals surface area contributed by atoms with Crippen LogP contribution in [-0.2, 0) is 0 Å². The molecule has 0 saturated carbocycles. The second kappa shape index (κ2) is 8.26. The van der Waals surface area contributed by atoms with E-state index in [-0.39, 0.29) is 0 Å². The van der Waals surface area contributed by atoms with Crippen LogP contribution >= 0.6 is 0 Å². The lowest BCUT2D eigenvalue weighted by molar-refractivity contribution is 0.415. The number of anilines is 1. The summed E-state index contributed by atoms with van der Waals surface area (Å²) >= 11 is 0. The first kappa shape index (κ1) is 16.9. The molecule has 1 aromatic heterocycles. The Labute approximate surface area is 147 Å². The third-order valence-electron chi connectivity index (χ3n) is 3.83. The number of aromatic nitrogens is 2. The second-order valence-corrected chi connectivity index (χ2v) is 5.62. The molecular weight excluding hydrogens is 312 g/mol. The lowest BCUT2D eigenvalue weighted by atomic mass is 10.2. The summed E-state index contributed by atoms with van der Waals surface area (Å²) in [6.07, 6.45) is 4.81. The van der Waals surface area contributed by atoms with Crippen LogP contribution in [0.1, 0.15) is 17.8 Å². The molecule has 3 aromatic rings. The van der Waals surface area contributed by atoms with E-state index in [9.17, 15) is 0 Å². The molecule has 0 aliphatic carbocycles. The maximum atomic E-state index is 5.58. The summed E-state index contributed by atoms with van der Waals surface area (Å²) in [7, 11) is 1.66. The van der Waals surface area contributed by atoms with Crippen molar-refractivity contribution in [3.8, 4) is 5.75 Å². The molecule has 0 atom stereocenters. The molecule has 5 nitrogen and oxygen atoms in total. The molecule has 25 heavy (non-hydrogen) atoms. The van der Waals surface area contributed by atoms with Crippen LogP contribution in [0.3, 0.4) is 0 Å². The minimum absolute atomic E-state index is 0.653. The smallest absolute Gasteiger partial charge is 0.154 e. The van der Waals surface area contributed by atoms with Crippen molar-refractivity contribution in [3.05, 3.63) is 59.9 Å². The van der Waals surface area contributed by atoms with Crippen LogP contribution in [0.5, 0.6) is 5.75 Å². The molecule has 3 rings (SSSR count). The van der Waals surface area contributed by atoms with Crippen molar-refractivity contribution in [2.75, 3.05) is 25.5 Å². The molecule has 1 heterocycles. The Kier molecular flexibility index (Phi) is 5.59. The lowest BCUT2D eigenvalue weighted by Gasteiger charge is -2.09. The summed E-state index contributed by atoms with van der Waals surface area (Å²) in [5.74, 6) is 2.35. The van der Waals surface area contributed by atoms with Gasteiger partial charge in [-0.3, -0.25) is 0 Å². The summed E-state index contributed by atoms with van der Waals surface area (Å²) in [6, 6.07) is 15.9. The quantitative estimate of drug-likeness (QED) is 0.646. The average Bonchev–Trinajstić information content (AvgIpc) is 2.67. The lowest BCUT2D eigenvalue weighted by Crippen LogP contribution is -2.10. The highest BCUT2D eigenvalue weighted by Gasteiger charge is 2.05. The zero-order valence-electron chi connectivity index (χ0n) is 14.3. The van der Waals surface area contributed by atoms with Crippen molar-refractivity contribution in [2.45, 2.75) is 6.42 Å². The molecular formula is C20H22N4O. The molecule has 0 spiro atoms. The van der Waals surface area contributed by atoms with Crippen molar-refractivity contribution in [3.63, 3.8) is 0 Å². The van der Waals surface area contributed by atoms with E-state index in [2.05, 4.69) is 15.3 Å². The normalized spacial score (nSPS) is 11.1. The Bertz CT molecular complexity index is 859. The first-order valence-electron chi connectivity index (χ1n) is 8.33. The summed E-state index contributed by atoms with van der Waals surface area (Å²) in [5, 5.41) is 4.38. The molecule has 2 aromatic carbocycles. The van der Waals surface area contributed by atoms with Gasteiger partial charge in [-0.1, -0.05) is 30.3 Å². The zero-order chi connectivity index (χ0) is 17.5. The molecule has 0 bridgehead atoms. The van der Waals surface area contributed by atoms with E-state index in [4.69, 9.17) is 10.5 Å². The minimum atomic E-state index is 0.653. The predicted octanol–water partition coefficient (Wildman–Crippen LogP) is 3.57. The third-order valence-corrected chi connectivity index (χ3v) is 3.83. The van der Waals surface area contributed by atoms with Crippen LogP contribution in [-0.4, -0.2) is 30.2 Å². The first-order chi connectivity index (χ1) is 12.3. The fraction of sp³-hybridized carbons (Fsp3) is 0.200. The molecule has 0 aliphatic rings. The van der Waals surface area contributed by atoms with Crippen molar-refractivity contribution in [1.82, 2.24) is 9.97 Å². The van der Waals surface area contributed by atoms with E-state index in [0.29, 0.717) is 12.4 Å². The number of ether oxygens (including phenoxy) is 1. The highest BCUT2D eigenvalue weighted by Crippen LogP contribution is 2.21. The maximum absolute atomic E-state index is 5.58. The molecule has 128 valence electrons. The Morgan fingerprint density at radius 1 is 1.04 bits per heavy atom. The fourth-order valence-corrected chi connectivity index (χ4v) is 2.50. The summed E-state index contributed by atoms with van der Waals surface area (Å²) in [4.78, 5) is 9.27. The first-order valence-corrected chi connectivity index (χ1v) is 8.33. The van der Waals surface area contributed by atoms with Gasteiger partial charge in [0.2, 0.25) is 0 Å². The minimum Gasteiger partial charge on any atom is -0.497 e. The van der Waals surface area contributed by atoms with Gasteiger partial charge in [0.1, 0.15) is 11.6 Å². The van der Waals surface area contributed by atoms with Crippen molar-refractivity contribution < 1.29 is 4.74 Å². The van der Waals surface area contributed by atoms with Gasteiger partial charge in [-0.25, -0.2) is 9.97 Å². The number of hydrogen-bond acceptors (Lipinski definition) is 5. The van der Waals surface area contributed by atoms with E-state index in [1.165, 1.54) is 0 Å². The number of fused-ring (bicyclic) bond motifs is 1. The number of nitrogens with two attached hydrogens (primary N) is 1. The third kappa shape index (κ3) is 4.33. The van der Waals surface area contributed by atoms with Gasteiger partial charge in [0.15, 0.2) is 5.82 Å². The average molecular weight is 334 g/mol. The van der Waals surface area contributed by atoms with Crippen LogP contribution in [0.25, 0.3) is 23.1 Å². The van der Waals surface area contributed by atoms with Gasteiger partial charge < -0.3 is 15.8 Å². The Hall–Kier alpha value is -2.92. The van der Waals surface area contributed by atoms with Crippen LogP contribution in [0.2, 0.25) is 0 Å². The zero-order valence-corrected chi connectivity index (χ0v) is 14.3. The van der Waals surface area contributed by atoms with Crippen molar-refractivity contribution >= 4 is 28.9 Å². The number of hydrogen-bond donors (Lipinski definition) is 2. The van der Waals surface area contributed by atoms with Gasteiger partial charge in [-0.15, -0.1) is 0 Å². The van der Waals surface area contributed by atoms with E-state index in [0.717, 1.165) is 41.0 Å². The number of nitrogens with zero attached hydrogens (tertiary/aromatic N) is 2. The maximum Gasteiger partial charge on any atom is 0.154 e. The van der Waals surface area contributed by atoms with Gasteiger partial charge in [-0.2, -0.15) is 0 Å². The number of methoxy groups -OCH3 is 1. The highest BCUT2D eigenvalue weighted by molar-refractivity contribution is 5.90. The predicted molar refractivity (Wildman–Crippen MR) is 104 cm³/mol. The second-order valence-electron chi connectivity index (χ2n) is 5.62. The molecule has 0 unspecified atom stereocenters. The topological polar surface area (TPSA) is 73.1 Å². The summed E-state index contributed by atoms with van der Waals surface area (Å²) in [6.45, 7) is 1.44. The summed E-state index contributed by atoms with van der Waals surface area (Å²) in [5.41, 5.74) is 7.56. The highest BCUT2D eigenvalue weighted by atomic mass is 16.5. The Morgan fingerprint density at radius 2 is 1.84 bits per heavy atom. The van der Waals surface area contributed by atoms with Crippen LogP contribution < -0.4 is 15.8 Å². The largest absolute Gasteiger partial charge is 0.497 e. The van der Waals surface area contributed by atoms with Crippen molar-refractivity contribution in [2.24, 2.45) is 5.73 Å². The standard InChI is InChI=1S/C20H22N4O/c1-25-16-10-7-15(8-11-16)9-12-19-23-18-6-3-2-5-17(18)20(24-19)22-14-4-13-21/h2-3,5-12H,4,13-14,21H2,1H3,(H,22,23,24)/b12-9+. The number of benzene rings is 2. The molecule has 0 radical (unpaired) electrons. The number of nitrogens with one attached hydrogen (secondary N) is 1.